The maximum Gasteiger partial charge on any atom is 0.245 e. The summed E-state index contributed by atoms with van der Waals surface area (Å²) in [4.78, 5) is 17.9. The van der Waals surface area contributed by atoms with Gasteiger partial charge in [-0.2, -0.15) is 16.9 Å². The lowest BCUT2D eigenvalue weighted by atomic mass is 9.92. The monoisotopic (exact) mass is 447 g/mol. The lowest BCUT2D eigenvalue weighted by Crippen LogP contribution is -2.22. The zero-order valence-electron chi connectivity index (χ0n) is 19.0. The van der Waals surface area contributed by atoms with Crippen LogP contribution in [0.4, 0.5) is 5.82 Å². The molecule has 4 aromatic rings. The maximum atomic E-state index is 13.1. The number of fused-ring (bicyclic) bond motifs is 1. The molecule has 2 aromatic carbocycles. The molecule has 0 saturated carbocycles. The van der Waals surface area contributed by atoms with Crippen LogP contribution in [0, 0.1) is 0 Å². The van der Waals surface area contributed by atoms with Crippen LogP contribution in [-0.2, 0) is 29.1 Å². The van der Waals surface area contributed by atoms with E-state index in [1.165, 1.54) is 0 Å². The number of hydrogen-bond donors (Lipinski definition) is 1. The first kappa shape index (κ1) is 22.1. The number of amides is 1. The predicted octanol–water partition coefficient (Wildman–Crippen LogP) is 5.08. The summed E-state index contributed by atoms with van der Waals surface area (Å²) in [6.45, 7) is 7.18. The van der Waals surface area contributed by atoms with Gasteiger partial charge in [0, 0.05) is 11.5 Å². The zero-order chi connectivity index (χ0) is 22.7. The van der Waals surface area contributed by atoms with E-state index >= 15 is 0 Å². The number of nitrogens with zero attached hydrogens (tertiary/aromatic N) is 4. The van der Waals surface area contributed by atoms with Crippen molar-refractivity contribution in [2.45, 2.75) is 45.0 Å². The first-order valence-electron chi connectivity index (χ1n) is 10.7. The van der Waals surface area contributed by atoms with Crippen LogP contribution >= 0.6 is 11.8 Å². The standard InChI is InChI=1S/C25H29N5OS/c1-25(2,3)21-14-22(30(28-21)15-18-10-6-5-7-11-18)27-24(31)16-29-20-13-9-8-12-19(20)26-23(29)17-32-4/h5-14H,15-17H2,1-4H3,(H,27,31). The number of carbonyl (C=O) groups excluding carboxylic acids is 1. The average Bonchev–Trinajstić information content (AvgIpc) is 3.31. The molecule has 0 atom stereocenters. The molecule has 0 spiro atoms. The number of anilines is 1. The fourth-order valence-corrected chi connectivity index (χ4v) is 4.11. The summed E-state index contributed by atoms with van der Waals surface area (Å²) in [6.07, 6.45) is 2.04. The van der Waals surface area contributed by atoms with E-state index < -0.39 is 0 Å². The van der Waals surface area contributed by atoms with Crippen molar-refractivity contribution in [1.29, 1.82) is 0 Å². The molecular weight excluding hydrogens is 418 g/mol. The third-order valence-corrected chi connectivity index (χ3v) is 5.85. The number of para-hydroxylation sites is 2. The van der Waals surface area contributed by atoms with Crippen LogP contribution in [0.5, 0.6) is 0 Å². The minimum Gasteiger partial charge on any atom is -0.318 e. The van der Waals surface area contributed by atoms with Gasteiger partial charge in [-0.25, -0.2) is 9.67 Å². The fraction of sp³-hybridized carbons (Fsp3) is 0.320. The molecule has 2 aromatic heterocycles. The molecule has 0 aliphatic rings. The predicted molar refractivity (Wildman–Crippen MR) is 132 cm³/mol. The molecule has 166 valence electrons. The number of carbonyl (C=O) groups is 1. The molecule has 0 aliphatic carbocycles. The van der Waals surface area contributed by atoms with Gasteiger partial charge in [-0.15, -0.1) is 0 Å². The second-order valence-corrected chi connectivity index (χ2v) is 9.76. The van der Waals surface area contributed by atoms with Gasteiger partial charge in [0.1, 0.15) is 18.2 Å². The van der Waals surface area contributed by atoms with Crippen LogP contribution < -0.4 is 5.32 Å². The van der Waals surface area contributed by atoms with Crippen LogP contribution in [0.25, 0.3) is 11.0 Å². The van der Waals surface area contributed by atoms with Gasteiger partial charge < -0.3 is 9.88 Å². The topological polar surface area (TPSA) is 64.7 Å². The molecule has 0 radical (unpaired) electrons. The molecule has 0 aliphatic heterocycles. The summed E-state index contributed by atoms with van der Waals surface area (Å²) >= 11 is 1.70. The van der Waals surface area contributed by atoms with E-state index in [0.29, 0.717) is 12.4 Å². The summed E-state index contributed by atoms with van der Waals surface area (Å²) in [5, 5.41) is 7.90. The van der Waals surface area contributed by atoms with E-state index in [0.717, 1.165) is 33.9 Å². The van der Waals surface area contributed by atoms with Gasteiger partial charge in [-0.05, 0) is 24.0 Å². The third-order valence-electron chi connectivity index (χ3n) is 5.30. The van der Waals surface area contributed by atoms with Gasteiger partial charge in [-0.3, -0.25) is 4.79 Å². The van der Waals surface area contributed by atoms with E-state index in [1.807, 2.05) is 64.0 Å². The quantitative estimate of drug-likeness (QED) is 0.429. The lowest BCUT2D eigenvalue weighted by molar-refractivity contribution is -0.116. The average molecular weight is 448 g/mol. The lowest BCUT2D eigenvalue weighted by Gasteiger charge is -2.14. The van der Waals surface area contributed by atoms with Gasteiger partial charge >= 0.3 is 0 Å². The number of thioether (sulfide) groups is 1. The number of imidazole rings is 1. The highest BCUT2D eigenvalue weighted by molar-refractivity contribution is 7.97. The Morgan fingerprint density at radius 3 is 2.50 bits per heavy atom. The Balaban J connectivity index is 1.61. The Kier molecular flexibility index (Phi) is 6.37. The van der Waals surface area contributed by atoms with Crippen molar-refractivity contribution < 1.29 is 4.79 Å². The summed E-state index contributed by atoms with van der Waals surface area (Å²) in [7, 11) is 0. The Hall–Kier alpha value is -3.06. The Morgan fingerprint density at radius 2 is 1.78 bits per heavy atom. The van der Waals surface area contributed by atoms with Crippen LogP contribution in [0.3, 0.4) is 0 Å². The summed E-state index contributed by atoms with van der Waals surface area (Å²) < 4.78 is 3.88. The second-order valence-electron chi connectivity index (χ2n) is 8.89. The molecule has 6 nitrogen and oxygen atoms in total. The van der Waals surface area contributed by atoms with Crippen molar-refractivity contribution in [1.82, 2.24) is 19.3 Å². The maximum absolute atomic E-state index is 13.1. The molecule has 1 amide bonds. The molecule has 2 heterocycles. The largest absolute Gasteiger partial charge is 0.318 e. The van der Waals surface area contributed by atoms with Crippen molar-refractivity contribution in [3.05, 3.63) is 77.7 Å². The Labute approximate surface area is 193 Å². The van der Waals surface area contributed by atoms with Crippen molar-refractivity contribution >= 4 is 34.5 Å². The van der Waals surface area contributed by atoms with Gasteiger partial charge in [0.2, 0.25) is 5.91 Å². The summed E-state index contributed by atoms with van der Waals surface area (Å²) in [5.74, 6) is 2.27. The van der Waals surface area contributed by atoms with Gasteiger partial charge in [0.15, 0.2) is 0 Å². The highest BCUT2D eigenvalue weighted by Gasteiger charge is 2.21. The van der Waals surface area contributed by atoms with Gasteiger partial charge in [0.05, 0.1) is 29.0 Å². The molecule has 7 heteroatoms. The minimum absolute atomic E-state index is 0.0924. The van der Waals surface area contributed by atoms with E-state index in [4.69, 9.17) is 10.1 Å². The SMILES string of the molecule is CSCc1nc2ccccc2n1CC(=O)Nc1cc(C(C)(C)C)nn1Cc1ccccc1. The van der Waals surface area contributed by atoms with Crippen LogP contribution in [0.1, 0.15) is 37.9 Å². The van der Waals surface area contributed by atoms with Gasteiger partial charge in [0.25, 0.3) is 0 Å². The van der Waals surface area contributed by atoms with Crippen molar-refractivity contribution in [3.63, 3.8) is 0 Å². The van der Waals surface area contributed by atoms with Crippen molar-refractivity contribution in [2.24, 2.45) is 0 Å². The molecule has 4 rings (SSSR count). The number of aromatic nitrogens is 4. The molecule has 0 saturated heterocycles. The molecule has 32 heavy (non-hydrogen) atoms. The first-order valence-corrected chi connectivity index (χ1v) is 12.1. The van der Waals surface area contributed by atoms with Crippen molar-refractivity contribution in [3.8, 4) is 0 Å². The first-order chi connectivity index (χ1) is 15.3. The van der Waals surface area contributed by atoms with Crippen LogP contribution in [0.15, 0.2) is 60.7 Å². The third kappa shape index (κ3) is 4.88. The molecular formula is C25H29N5OS. The summed E-state index contributed by atoms with van der Waals surface area (Å²) in [5.41, 5.74) is 3.84. The van der Waals surface area contributed by atoms with Crippen molar-refractivity contribution in [2.75, 3.05) is 11.6 Å². The van der Waals surface area contributed by atoms with E-state index in [2.05, 4.69) is 38.2 Å². The highest BCUT2D eigenvalue weighted by atomic mass is 32.2. The smallest absolute Gasteiger partial charge is 0.245 e. The van der Waals surface area contributed by atoms with Gasteiger partial charge in [-0.1, -0.05) is 63.2 Å². The number of hydrogen-bond acceptors (Lipinski definition) is 4. The number of nitrogens with one attached hydrogen (secondary N) is 1. The fourth-order valence-electron chi connectivity index (χ4n) is 3.63. The highest BCUT2D eigenvalue weighted by Crippen LogP contribution is 2.25. The van der Waals surface area contributed by atoms with E-state index in [1.54, 1.807) is 11.8 Å². The van der Waals surface area contributed by atoms with Crippen LogP contribution in [-0.4, -0.2) is 31.5 Å². The molecule has 0 bridgehead atoms. The normalized spacial score (nSPS) is 11.8. The molecule has 0 fully saturated rings. The molecule has 0 unspecified atom stereocenters. The molecule has 1 N–H and O–H groups in total. The van der Waals surface area contributed by atoms with Crippen LogP contribution in [0.2, 0.25) is 0 Å². The number of benzene rings is 2. The number of rotatable bonds is 7. The zero-order valence-corrected chi connectivity index (χ0v) is 19.8. The van der Waals surface area contributed by atoms with E-state index in [-0.39, 0.29) is 17.9 Å². The van der Waals surface area contributed by atoms with E-state index in [9.17, 15) is 4.79 Å². The second kappa shape index (κ2) is 9.20. The Morgan fingerprint density at radius 1 is 1.06 bits per heavy atom. The minimum atomic E-state index is -0.118. The Bertz CT molecular complexity index is 1220. The summed E-state index contributed by atoms with van der Waals surface area (Å²) in [6, 6.07) is 20.1.